The van der Waals surface area contributed by atoms with Crippen molar-refractivity contribution < 1.29 is 14.7 Å². The number of hydrogen-bond acceptors (Lipinski definition) is 4. The molecule has 0 fully saturated rings. The molecule has 5 nitrogen and oxygen atoms in total. The lowest BCUT2D eigenvalue weighted by atomic mass is 10.0. The number of carboxylic acid groups (broad SMARTS) is 1. The van der Waals surface area contributed by atoms with Crippen molar-refractivity contribution >= 4 is 23.2 Å². The summed E-state index contributed by atoms with van der Waals surface area (Å²) < 4.78 is 0. The van der Waals surface area contributed by atoms with Crippen molar-refractivity contribution in [2.24, 2.45) is 0 Å². The molecule has 1 N–H and O–H groups in total. The Balaban J connectivity index is 2.33. The summed E-state index contributed by atoms with van der Waals surface area (Å²) >= 11 is 1.58. The minimum absolute atomic E-state index is 0.454. The van der Waals surface area contributed by atoms with E-state index in [9.17, 15) is 9.59 Å². The quantitative estimate of drug-likeness (QED) is 0.510. The van der Waals surface area contributed by atoms with E-state index in [0.29, 0.717) is 6.54 Å². The number of aromatic nitrogens is 1. The van der Waals surface area contributed by atoms with Gasteiger partial charge in [-0.05, 0) is 40.5 Å². The third-order valence-electron chi connectivity index (χ3n) is 3.25. The third kappa shape index (κ3) is 6.83. The summed E-state index contributed by atoms with van der Waals surface area (Å²) in [6, 6.07) is 0. The normalized spacial score (nSPS) is 10.8. The molecule has 0 saturated carbocycles. The van der Waals surface area contributed by atoms with Crippen molar-refractivity contribution in [3.63, 3.8) is 0 Å². The molecule has 0 bridgehead atoms. The zero-order valence-corrected chi connectivity index (χ0v) is 15.0. The second-order valence-corrected chi connectivity index (χ2v) is 7.52. The van der Waals surface area contributed by atoms with Crippen LogP contribution in [0.1, 0.15) is 56.3 Å². The Morgan fingerprint density at radius 3 is 2.52 bits per heavy atom. The van der Waals surface area contributed by atoms with E-state index < -0.39 is 17.4 Å². The topological polar surface area (TPSA) is 70.5 Å². The lowest BCUT2D eigenvalue weighted by molar-refractivity contribution is -0.158. The van der Waals surface area contributed by atoms with Gasteiger partial charge in [-0.15, -0.1) is 11.3 Å². The standard InChI is InChI=1S/C17H24N2O3S/c1-13-18-12-14(23-13)10-8-6-5-7-9-11-19(17(2,3)4)15(20)16(21)22/h12H,5-7,9,11H2,1-4H3,(H,21,22). The van der Waals surface area contributed by atoms with Crippen molar-refractivity contribution in [3.8, 4) is 11.8 Å². The van der Waals surface area contributed by atoms with Crippen molar-refractivity contribution in [2.75, 3.05) is 6.54 Å². The van der Waals surface area contributed by atoms with Gasteiger partial charge < -0.3 is 10.0 Å². The lowest BCUT2D eigenvalue weighted by Crippen LogP contribution is -2.49. The van der Waals surface area contributed by atoms with E-state index in [1.807, 2.05) is 27.7 Å². The van der Waals surface area contributed by atoms with Gasteiger partial charge in [-0.25, -0.2) is 9.78 Å². The Hall–Kier alpha value is -1.87. The zero-order valence-electron chi connectivity index (χ0n) is 14.2. The second kappa shape index (κ2) is 8.68. The maximum absolute atomic E-state index is 11.7. The Labute approximate surface area is 141 Å². The number of hydrogen-bond donors (Lipinski definition) is 1. The largest absolute Gasteiger partial charge is 0.474 e. The van der Waals surface area contributed by atoms with Gasteiger partial charge in [0.2, 0.25) is 0 Å². The Morgan fingerprint density at radius 1 is 1.30 bits per heavy atom. The molecule has 0 atom stereocenters. The molecule has 1 heterocycles. The van der Waals surface area contributed by atoms with Gasteiger partial charge in [0.25, 0.3) is 0 Å². The molecule has 1 amide bonds. The number of thiazole rings is 1. The smallest absolute Gasteiger partial charge is 0.394 e. The highest BCUT2D eigenvalue weighted by Crippen LogP contribution is 2.15. The molecule has 0 radical (unpaired) electrons. The van der Waals surface area contributed by atoms with Crippen LogP contribution in [0.4, 0.5) is 0 Å². The SMILES string of the molecule is Cc1ncc(C#CCCCCCN(C(=O)C(=O)O)C(C)(C)C)s1. The van der Waals surface area contributed by atoms with E-state index in [1.54, 1.807) is 17.5 Å². The summed E-state index contributed by atoms with van der Waals surface area (Å²) in [5.74, 6) is 3.97. The number of nitrogens with zero attached hydrogens (tertiary/aromatic N) is 2. The van der Waals surface area contributed by atoms with Crippen LogP contribution in [0.2, 0.25) is 0 Å². The van der Waals surface area contributed by atoms with Gasteiger partial charge >= 0.3 is 11.9 Å². The van der Waals surface area contributed by atoms with Crippen LogP contribution in [-0.2, 0) is 9.59 Å². The summed E-state index contributed by atoms with van der Waals surface area (Å²) in [6.45, 7) is 7.94. The molecule has 0 unspecified atom stereocenters. The lowest BCUT2D eigenvalue weighted by Gasteiger charge is -2.34. The van der Waals surface area contributed by atoms with Crippen molar-refractivity contribution in [3.05, 3.63) is 16.1 Å². The van der Waals surface area contributed by atoms with Gasteiger partial charge in [-0.2, -0.15) is 0 Å². The molecule has 1 aromatic rings. The van der Waals surface area contributed by atoms with Gasteiger partial charge in [-0.3, -0.25) is 4.79 Å². The number of amides is 1. The number of rotatable bonds is 5. The first-order valence-electron chi connectivity index (χ1n) is 7.68. The van der Waals surface area contributed by atoms with Crippen LogP contribution in [-0.4, -0.2) is 39.0 Å². The first-order chi connectivity index (χ1) is 10.7. The van der Waals surface area contributed by atoms with Gasteiger partial charge in [0.1, 0.15) is 0 Å². The maximum atomic E-state index is 11.7. The minimum atomic E-state index is -1.40. The van der Waals surface area contributed by atoms with Crippen LogP contribution in [0.25, 0.3) is 0 Å². The fraction of sp³-hybridized carbons (Fsp3) is 0.588. The maximum Gasteiger partial charge on any atom is 0.394 e. The minimum Gasteiger partial charge on any atom is -0.474 e. The molecule has 0 saturated heterocycles. The predicted octanol–water partition coefficient (Wildman–Crippen LogP) is 3.08. The van der Waals surface area contributed by atoms with Crippen LogP contribution < -0.4 is 0 Å². The number of carbonyl (C=O) groups excluding carboxylic acids is 1. The highest BCUT2D eigenvalue weighted by Gasteiger charge is 2.30. The Bertz CT molecular complexity index is 605. The first kappa shape index (κ1) is 19.2. The van der Waals surface area contributed by atoms with E-state index in [1.165, 1.54) is 4.90 Å². The van der Waals surface area contributed by atoms with Crippen LogP contribution in [0.15, 0.2) is 6.20 Å². The molecule has 6 heteroatoms. The number of aliphatic carboxylic acids is 1. The van der Waals surface area contributed by atoms with E-state index in [2.05, 4.69) is 16.8 Å². The zero-order chi connectivity index (χ0) is 17.5. The fourth-order valence-corrected chi connectivity index (χ4v) is 2.74. The average molecular weight is 336 g/mol. The molecule has 23 heavy (non-hydrogen) atoms. The van der Waals surface area contributed by atoms with Crippen LogP contribution in [0.3, 0.4) is 0 Å². The summed E-state index contributed by atoms with van der Waals surface area (Å²) in [5, 5.41) is 9.90. The van der Waals surface area contributed by atoms with Crippen LogP contribution >= 0.6 is 11.3 Å². The third-order valence-corrected chi connectivity index (χ3v) is 4.08. The molecule has 1 aromatic heterocycles. The van der Waals surface area contributed by atoms with E-state index in [0.717, 1.165) is 35.6 Å². The predicted molar refractivity (Wildman–Crippen MR) is 91.3 cm³/mol. The van der Waals surface area contributed by atoms with Gasteiger partial charge in [0.15, 0.2) is 0 Å². The monoisotopic (exact) mass is 336 g/mol. The molecule has 0 aliphatic carbocycles. The highest BCUT2D eigenvalue weighted by atomic mass is 32.1. The number of carbonyl (C=O) groups is 2. The molecule has 0 aliphatic rings. The number of aryl methyl sites for hydroxylation is 1. The van der Waals surface area contributed by atoms with Gasteiger partial charge in [0, 0.05) is 18.5 Å². The number of unbranched alkanes of at least 4 members (excludes halogenated alkanes) is 3. The Kier molecular flexibility index (Phi) is 7.24. The molecule has 1 rings (SSSR count). The fourth-order valence-electron chi connectivity index (χ4n) is 2.09. The molecule has 0 aromatic carbocycles. The van der Waals surface area contributed by atoms with E-state index in [4.69, 9.17) is 5.11 Å². The second-order valence-electron chi connectivity index (χ2n) is 6.29. The van der Waals surface area contributed by atoms with Crippen molar-refractivity contribution in [1.82, 2.24) is 9.88 Å². The van der Waals surface area contributed by atoms with Gasteiger partial charge in [-0.1, -0.05) is 18.3 Å². The van der Waals surface area contributed by atoms with E-state index >= 15 is 0 Å². The number of carboxylic acids is 1. The highest BCUT2D eigenvalue weighted by molar-refractivity contribution is 7.12. The first-order valence-corrected chi connectivity index (χ1v) is 8.49. The summed E-state index contributed by atoms with van der Waals surface area (Å²) in [6.07, 6.45) is 5.20. The van der Waals surface area contributed by atoms with Crippen LogP contribution in [0.5, 0.6) is 0 Å². The molecule has 126 valence electrons. The van der Waals surface area contributed by atoms with Crippen molar-refractivity contribution in [2.45, 2.75) is 58.9 Å². The summed E-state index contributed by atoms with van der Waals surface area (Å²) in [7, 11) is 0. The van der Waals surface area contributed by atoms with Crippen LogP contribution in [0, 0.1) is 18.8 Å². The van der Waals surface area contributed by atoms with Gasteiger partial charge in [0.05, 0.1) is 16.1 Å². The van der Waals surface area contributed by atoms with Crippen molar-refractivity contribution in [1.29, 1.82) is 0 Å². The average Bonchev–Trinajstić information content (AvgIpc) is 2.85. The molecular weight excluding hydrogens is 312 g/mol. The van der Waals surface area contributed by atoms with E-state index in [-0.39, 0.29) is 0 Å². The molecule has 0 spiro atoms. The summed E-state index contributed by atoms with van der Waals surface area (Å²) in [4.78, 5) is 29.1. The Morgan fingerprint density at radius 2 is 2.00 bits per heavy atom. The summed E-state index contributed by atoms with van der Waals surface area (Å²) in [5.41, 5.74) is -0.487. The molecule has 0 aliphatic heterocycles. The molecular formula is C17H24N2O3S.